The van der Waals surface area contributed by atoms with Crippen molar-refractivity contribution in [3.8, 4) is 0 Å². The standard InChI is InChI=1S/C23H34FN3O2/c1-25-22(26-17-23(11-12-23)18-5-7-19(24)8-6-18)27-13-9-20(10-14-27)29-16-21-4-2-3-15-28-21/h5-8,20-21H,2-4,9-17H2,1H3,(H,25,26). The third-order valence-corrected chi connectivity index (χ3v) is 6.64. The Labute approximate surface area is 173 Å². The Kier molecular flexibility index (Phi) is 6.70. The fourth-order valence-corrected chi connectivity index (χ4v) is 4.52. The molecule has 2 saturated heterocycles. The molecule has 5 nitrogen and oxygen atoms in total. The van der Waals surface area contributed by atoms with Crippen LogP contribution in [0.4, 0.5) is 4.39 Å². The molecule has 6 heteroatoms. The molecule has 1 aromatic rings. The molecule has 29 heavy (non-hydrogen) atoms. The second-order valence-corrected chi connectivity index (χ2v) is 8.70. The van der Waals surface area contributed by atoms with Crippen molar-refractivity contribution < 1.29 is 13.9 Å². The van der Waals surface area contributed by atoms with E-state index < -0.39 is 0 Å². The van der Waals surface area contributed by atoms with Crippen LogP contribution in [0.5, 0.6) is 0 Å². The van der Waals surface area contributed by atoms with Gasteiger partial charge in [-0.2, -0.15) is 0 Å². The van der Waals surface area contributed by atoms with Crippen LogP contribution in [0.3, 0.4) is 0 Å². The largest absolute Gasteiger partial charge is 0.376 e. The minimum atomic E-state index is -0.173. The highest BCUT2D eigenvalue weighted by molar-refractivity contribution is 5.80. The molecule has 0 spiro atoms. The van der Waals surface area contributed by atoms with E-state index in [4.69, 9.17) is 9.47 Å². The number of benzene rings is 1. The number of guanidine groups is 1. The molecule has 1 N–H and O–H groups in total. The van der Waals surface area contributed by atoms with E-state index in [1.165, 1.54) is 18.4 Å². The third kappa shape index (κ3) is 5.28. The van der Waals surface area contributed by atoms with Crippen molar-refractivity contribution in [3.05, 3.63) is 35.6 Å². The first kappa shape index (κ1) is 20.6. The summed E-state index contributed by atoms with van der Waals surface area (Å²) in [5, 5.41) is 3.57. The molecule has 1 aromatic carbocycles. The summed E-state index contributed by atoms with van der Waals surface area (Å²) in [6, 6.07) is 6.97. The van der Waals surface area contributed by atoms with Crippen LogP contribution in [-0.2, 0) is 14.9 Å². The molecule has 160 valence electrons. The van der Waals surface area contributed by atoms with Crippen molar-refractivity contribution in [2.24, 2.45) is 4.99 Å². The van der Waals surface area contributed by atoms with Crippen LogP contribution in [0.2, 0.25) is 0 Å². The van der Waals surface area contributed by atoms with Crippen molar-refractivity contribution in [3.63, 3.8) is 0 Å². The number of piperidine rings is 1. The number of rotatable bonds is 6. The molecule has 0 radical (unpaired) electrons. The normalized spacial score (nSPS) is 25.1. The number of hydrogen-bond acceptors (Lipinski definition) is 3. The zero-order chi connectivity index (χ0) is 20.1. The van der Waals surface area contributed by atoms with Gasteiger partial charge in [0, 0.05) is 38.7 Å². The molecule has 2 heterocycles. The molecule has 1 unspecified atom stereocenters. The van der Waals surface area contributed by atoms with Gasteiger partial charge in [0.15, 0.2) is 5.96 Å². The van der Waals surface area contributed by atoms with Gasteiger partial charge in [0.1, 0.15) is 5.82 Å². The Morgan fingerprint density at radius 1 is 1.21 bits per heavy atom. The molecule has 4 rings (SSSR count). The minimum absolute atomic E-state index is 0.130. The molecule has 1 aliphatic carbocycles. The van der Waals surface area contributed by atoms with Crippen LogP contribution in [-0.4, -0.2) is 63.0 Å². The first-order chi connectivity index (χ1) is 14.2. The van der Waals surface area contributed by atoms with E-state index in [1.807, 2.05) is 19.2 Å². The van der Waals surface area contributed by atoms with E-state index in [0.29, 0.717) is 6.10 Å². The summed E-state index contributed by atoms with van der Waals surface area (Å²) < 4.78 is 25.1. The average molecular weight is 404 g/mol. The third-order valence-electron chi connectivity index (χ3n) is 6.64. The second kappa shape index (κ2) is 9.43. The van der Waals surface area contributed by atoms with Crippen LogP contribution in [0.25, 0.3) is 0 Å². The molecule has 1 atom stereocenters. The molecule has 1 saturated carbocycles. The lowest BCUT2D eigenvalue weighted by molar-refractivity contribution is -0.0721. The average Bonchev–Trinajstić information content (AvgIpc) is 3.56. The van der Waals surface area contributed by atoms with Gasteiger partial charge in [0.05, 0.1) is 18.8 Å². The van der Waals surface area contributed by atoms with Gasteiger partial charge in [-0.15, -0.1) is 0 Å². The van der Waals surface area contributed by atoms with Gasteiger partial charge < -0.3 is 19.7 Å². The zero-order valence-electron chi connectivity index (χ0n) is 17.5. The van der Waals surface area contributed by atoms with E-state index in [1.54, 1.807) is 12.1 Å². The Balaban J connectivity index is 1.22. The maximum Gasteiger partial charge on any atom is 0.193 e. The van der Waals surface area contributed by atoms with E-state index >= 15 is 0 Å². The fourth-order valence-electron chi connectivity index (χ4n) is 4.52. The number of hydrogen-bond donors (Lipinski definition) is 1. The van der Waals surface area contributed by atoms with Gasteiger partial charge in [-0.25, -0.2) is 4.39 Å². The molecular formula is C23H34FN3O2. The van der Waals surface area contributed by atoms with E-state index in [9.17, 15) is 4.39 Å². The van der Waals surface area contributed by atoms with Gasteiger partial charge >= 0.3 is 0 Å². The van der Waals surface area contributed by atoms with Crippen LogP contribution < -0.4 is 5.32 Å². The Morgan fingerprint density at radius 2 is 1.97 bits per heavy atom. The van der Waals surface area contributed by atoms with Gasteiger partial charge in [-0.3, -0.25) is 4.99 Å². The number of ether oxygens (including phenoxy) is 2. The predicted octanol–water partition coefficient (Wildman–Crippen LogP) is 3.48. The van der Waals surface area contributed by atoms with Crippen molar-refractivity contribution in [1.29, 1.82) is 0 Å². The fraction of sp³-hybridized carbons (Fsp3) is 0.696. The summed E-state index contributed by atoms with van der Waals surface area (Å²) in [6.07, 6.45) is 8.51. The number of aliphatic imine (C=N–C) groups is 1. The summed E-state index contributed by atoms with van der Waals surface area (Å²) in [5.41, 5.74) is 1.35. The summed E-state index contributed by atoms with van der Waals surface area (Å²) >= 11 is 0. The lowest BCUT2D eigenvalue weighted by Crippen LogP contribution is -2.48. The molecule has 0 aromatic heterocycles. The molecule has 0 amide bonds. The van der Waals surface area contributed by atoms with E-state index in [0.717, 1.165) is 70.9 Å². The maximum absolute atomic E-state index is 13.2. The number of nitrogens with one attached hydrogen (secondary N) is 1. The number of halogens is 1. The molecule has 0 bridgehead atoms. The first-order valence-electron chi connectivity index (χ1n) is 11.1. The van der Waals surface area contributed by atoms with E-state index in [2.05, 4.69) is 15.2 Å². The van der Waals surface area contributed by atoms with Gasteiger partial charge in [-0.05, 0) is 62.6 Å². The smallest absolute Gasteiger partial charge is 0.193 e. The monoisotopic (exact) mass is 403 g/mol. The molecule has 3 aliphatic rings. The van der Waals surface area contributed by atoms with E-state index in [-0.39, 0.29) is 17.3 Å². The maximum atomic E-state index is 13.2. The second-order valence-electron chi connectivity index (χ2n) is 8.70. The van der Waals surface area contributed by atoms with Crippen molar-refractivity contribution in [2.45, 2.75) is 62.6 Å². The predicted molar refractivity (Wildman–Crippen MR) is 113 cm³/mol. The zero-order valence-corrected chi connectivity index (χ0v) is 17.5. The minimum Gasteiger partial charge on any atom is -0.376 e. The van der Waals surface area contributed by atoms with Crippen LogP contribution in [0, 0.1) is 5.82 Å². The van der Waals surface area contributed by atoms with Crippen molar-refractivity contribution >= 4 is 5.96 Å². The Hall–Kier alpha value is -1.66. The summed E-state index contributed by atoms with van der Waals surface area (Å²) in [6.45, 7) is 4.38. The van der Waals surface area contributed by atoms with Gasteiger partial charge in [-0.1, -0.05) is 12.1 Å². The van der Waals surface area contributed by atoms with Gasteiger partial charge in [0.2, 0.25) is 0 Å². The summed E-state index contributed by atoms with van der Waals surface area (Å²) in [5.74, 6) is 0.793. The van der Waals surface area contributed by atoms with Crippen molar-refractivity contribution in [2.75, 3.05) is 39.9 Å². The lowest BCUT2D eigenvalue weighted by atomic mass is 9.96. The van der Waals surface area contributed by atoms with Gasteiger partial charge in [0.25, 0.3) is 0 Å². The highest BCUT2D eigenvalue weighted by atomic mass is 19.1. The number of nitrogens with zero attached hydrogens (tertiary/aromatic N) is 2. The summed E-state index contributed by atoms with van der Waals surface area (Å²) in [7, 11) is 1.85. The summed E-state index contributed by atoms with van der Waals surface area (Å²) in [4.78, 5) is 6.84. The molecular weight excluding hydrogens is 369 g/mol. The topological polar surface area (TPSA) is 46.1 Å². The highest BCUT2D eigenvalue weighted by Gasteiger charge is 2.44. The number of likely N-dealkylation sites (tertiary alicyclic amines) is 1. The Bertz CT molecular complexity index is 676. The first-order valence-corrected chi connectivity index (χ1v) is 11.1. The van der Waals surface area contributed by atoms with Crippen molar-refractivity contribution in [1.82, 2.24) is 10.2 Å². The molecule has 2 aliphatic heterocycles. The highest BCUT2D eigenvalue weighted by Crippen LogP contribution is 2.47. The molecule has 3 fully saturated rings. The lowest BCUT2D eigenvalue weighted by Gasteiger charge is -2.35. The van der Waals surface area contributed by atoms with Crippen LogP contribution >= 0.6 is 0 Å². The SMILES string of the molecule is CN=C(NCC1(c2ccc(F)cc2)CC1)N1CCC(OCC2CCCCO2)CC1. The Morgan fingerprint density at radius 3 is 2.59 bits per heavy atom. The quantitative estimate of drug-likeness (QED) is 0.584. The van der Waals surface area contributed by atoms with Crippen LogP contribution in [0.15, 0.2) is 29.3 Å². The van der Waals surface area contributed by atoms with Crippen LogP contribution in [0.1, 0.15) is 50.5 Å².